The molecule has 0 saturated heterocycles. The summed E-state index contributed by atoms with van der Waals surface area (Å²) >= 11 is 0. The molecule has 2 aromatic heterocycles. The molecular weight excluding hydrogens is 509 g/mol. The number of alkyl halides is 2. The van der Waals surface area contributed by atoms with Gasteiger partial charge in [-0.05, 0) is 76.4 Å². The number of carbonyl (C=O) groups is 2. The molecule has 1 aliphatic rings. The van der Waals surface area contributed by atoms with E-state index < -0.39 is 42.4 Å². The Balaban J connectivity index is 1.80. The van der Waals surface area contributed by atoms with Crippen LogP contribution < -0.4 is 0 Å². The van der Waals surface area contributed by atoms with Crippen molar-refractivity contribution < 1.29 is 27.5 Å². The minimum atomic E-state index is -2.73. The fraction of sp³-hybridized carbons (Fsp3) is 0.414. The molecule has 2 amide bonds. The molecule has 208 valence electrons. The summed E-state index contributed by atoms with van der Waals surface area (Å²) in [5.41, 5.74) is 2.67. The highest BCUT2D eigenvalue weighted by Gasteiger charge is 2.28. The number of ether oxygens (including phenoxy) is 1. The zero-order chi connectivity index (χ0) is 28.6. The lowest BCUT2D eigenvalue weighted by molar-refractivity contribution is 0.0306. The van der Waals surface area contributed by atoms with Gasteiger partial charge in [-0.25, -0.2) is 22.9 Å². The van der Waals surface area contributed by atoms with Crippen molar-refractivity contribution in [1.82, 2.24) is 19.2 Å². The van der Waals surface area contributed by atoms with Crippen LogP contribution in [0.1, 0.15) is 56.4 Å². The van der Waals surface area contributed by atoms with Crippen LogP contribution in [0.4, 0.5) is 18.0 Å². The molecule has 39 heavy (non-hydrogen) atoms. The molecule has 0 radical (unpaired) electrons. The highest BCUT2D eigenvalue weighted by molar-refractivity contribution is 6.03. The first-order valence-corrected chi connectivity index (χ1v) is 12.8. The number of pyridine rings is 1. The molecule has 4 rings (SSSR count). The van der Waals surface area contributed by atoms with E-state index in [-0.39, 0.29) is 5.56 Å². The summed E-state index contributed by atoms with van der Waals surface area (Å²) in [6.45, 7) is 10.5. The monoisotopic (exact) mass is 542 g/mol. The van der Waals surface area contributed by atoms with Crippen molar-refractivity contribution in [2.75, 3.05) is 19.6 Å². The first kappa shape index (κ1) is 28.2. The van der Waals surface area contributed by atoms with E-state index in [0.717, 1.165) is 22.1 Å². The van der Waals surface area contributed by atoms with Gasteiger partial charge in [0.15, 0.2) is 0 Å². The molecule has 1 aromatic carbocycles. The van der Waals surface area contributed by atoms with Gasteiger partial charge in [-0.3, -0.25) is 4.79 Å². The summed E-state index contributed by atoms with van der Waals surface area (Å²) in [5.74, 6) is -0.644. The lowest BCUT2D eigenvalue weighted by Gasteiger charge is -2.27. The summed E-state index contributed by atoms with van der Waals surface area (Å²) in [6.07, 6.45) is 2.33. The Labute approximate surface area is 225 Å². The number of carbonyl (C=O) groups excluding carboxylic acids is 2. The van der Waals surface area contributed by atoms with Gasteiger partial charge in [0.1, 0.15) is 17.2 Å². The molecule has 0 aliphatic carbocycles. The van der Waals surface area contributed by atoms with Crippen LogP contribution in [0, 0.1) is 12.7 Å². The van der Waals surface area contributed by atoms with Gasteiger partial charge < -0.3 is 18.9 Å². The molecule has 0 unspecified atom stereocenters. The van der Waals surface area contributed by atoms with E-state index >= 15 is 0 Å². The van der Waals surface area contributed by atoms with E-state index in [0.29, 0.717) is 35.6 Å². The topological polar surface area (TPSA) is 67.2 Å². The van der Waals surface area contributed by atoms with Crippen molar-refractivity contribution in [3.8, 4) is 11.1 Å². The van der Waals surface area contributed by atoms with Gasteiger partial charge in [0.25, 0.3) is 12.3 Å². The zero-order valence-electron chi connectivity index (χ0n) is 23.0. The Morgan fingerprint density at radius 1 is 1.15 bits per heavy atom. The summed E-state index contributed by atoms with van der Waals surface area (Å²) in [6, 6.07) is 5.15. The minimum absolute atomic E-state index is 0.0157. The van der Waals surface area contributed by atoms with Gasteiger partial charge in [-0.1, -0.05) is 12.1 Å². The highest BCUT2D eigenvalue weighted by Crippen LogP contribution is 2.34. The van der Waals surface area contributed by atoms with Crippen molar-refractivity contribution in [2.45, 2.75) is 59.6 Å². The highest BCUT2D eigenvalue weighted by atomic mass is 19.3. The molecule has 3 aromatic rings. The predicted molar refractivity (Wildman–Crippen MR) is 143 cm³/mol. The molecule has 1 aliphatic heterocycles. The molecule has 0 atom stereocenters. The number of aromatic nitrogens is 2. The van der Waals surface area contributed by atoms with Crippen LogP contribution in [0.25, 0.3) is 22.2 Å². The third-order valence-corrected chi connectivity index (χ3v) is 6.49. The Hall–Kier alpha value is -3.82. The van der Waals surface area contributed by atoms with Crippen molar-refractivity contribution in [3.63, 3.8) is 0 Å². The van der Waals surface area contributed by atoms with Gasteiger partial charge in [0.2, 0.25) is 0 Å². The summed E-state index contributed by atoms with van der Waals surface area (Å²) < 4.78 is 48.4. The number of hydrogen-bond acceptors (Lipinski definition) is 4. The summed E-state index contributed by atoms with van der Waals surface area (Å²) in [4.78, 5) is 33.2. The molecule has 10 heteroatoms. The van der Waals surface area contributed by atoms with Gasteiger partial charge in [0.05, 0.1) is 23.8 Å². The lowest BCUT2D eigenvalue weighted by Crippen LogP contribution is -2.40. The Morgan fingerprint density at radius 3 is 2.51 bits per heavy atom. The Bertz CT molecular complexity index is 1440. The second kappa shape index (κ2) is 10.7. The average Bonchev–Trinajstić information content (AvgIpc) is 3.48. The molecule has 0 saturated carbocycles. The standard InChI is InChI=1S/C29H33F3N4O3/c1-17(2)35(16-26(31)32)27(37)24-12-21(30)7-8-22(24)23-11-20(15-36-18(3)33-13-25(23)36)19-9-10-34(14-19)28(38)39-29(4,5)6/h7-9,11-13,15,17,26H,10,14,16H2,1-6H3. The second-order valence-electron chi connectivity index (χ2n) is 10.9. The van der Waals surface area contributed by atoms with Crippen LogP contribution in [0.3, 0.4) is 0 Å². The maximum Gasteiger partial charge on any atom is 0.410 e. The molecule has 3 heterocycles. The Morgan fingerprint density at radius 2 is 1.87 bits per heavy atom. The first-order chi connectivity index (χ1) is 18.2. The van der Waals surface area contributed by atoms with E-state index in [1.807, 2.05) is 29.7 Å². The second-order valence-corrected chi connectivity index (χ2v) is 10.9. The number of aryl methyl sites for hydroxylation is 1. The number of benzene rings is 1. The number of nitrogens with zero attached hydrogens (tertiary/aromatic N) is 4. The largest absolute Gasteiger partial charge is 0.444 e. The number of rotatable bonds is 6. The van der Waals surface area contributed by atoms with E-state index in [4.69, 9.17) is 4.74 Å². The van der Waals surface area contributed by atoms with Crippen LogP contribution in [0.2, 0.25) is 0 Å². The summed E-state index contributed by atoms with van der Waals surface area (Å²) in [7, 11) is 0. The lowest BCUT2D eigenvalue weighted by atomic mass is 9.95. The van der Waals surface area contributed by atoms with E-state index in [2.05, 4.69) is 4.98 Å². The molecule has 7 nitrogen and oxygen atoms in total. The number of hydrogen-bond donors (Lipinski definition) is 0. The van der Waals surface area contributed by atoms with Crippen LogP contribution >= 0.6 is 0 Å². The third kappa shape index (κ3) is 6.10. The van der Waals surface area contributed by atoms with Crippen molar-refractivity contribution in [2.24, 2.45) is 0 Å². The van der Waals surface area contributed by atoms with Crippen LogP contribution in [-0.4, -0.2) is 68.9 Å². The first-order valence-electron chi connectivity index (χ1n) is 12.8. The molecule has 0 spiro atoms. The quantitative estimate of drug-likeness (QED) is 0.372. The maximum atomic E-state index is 14.4. The number of halogens is 3. The van der Waals surface area contributed by atoms with Crippen LogP contribution in [0.15, 0.2) is 42.7 Å². The maximum absolute atomic E-state index is 14.4. The fourth-order valence-corrected chi connectivity index (χ4v) is 4.60. The Kier molecular flexibility index (Phi) is 7.77. The van der Waals surface area contributed by atoms with Gasteiger partial charge in [-0.2, -0.15) is 0 Å². The number of fused-ring (bicyclic) bond motifs is 1. The number of amides is 2. The van der Waals surface area contributed by atoms with E-state index in [9.17, 15) is 22.8 Å². The average molecular weight is 543 g/mol. The van der Waals surface area contributed by atoms with Crippen LogP contribution in [-0.2, 0) is 4.74 Å². The van der Waals surface area contributed by atoms with Crippen molar-refractivity contribution in [1.29, 1.82) is 0 Å². The third-order valence-electron chi connectivity index (χ3n) is 6.49. The van der Waals surface area contributed by atoms with Gasteiger partial charge in [-0.15, -0.1) is 0 Å². The zero-order valence-corrected chi connectivity index (χ0v) is 23.0. The summed E-state index contributed by atoms with van der Waals surface area (Å²) in [5, 5.41) is 0. The SMILES string of the molecule is Cc1ncc2c(-c3ccc(F)cc3C(=O)N(CC(F)F)C(C)C)cc(C3=CCN(C(=O)OC(C)(C)C)C3)cn12. The number of imidazole rings is 1. The van der Waals surface area contributed by atoms with Gasteiger partial charge in [0, 0.05) is 30.9 Å². The molecule has 0 N–H and O–H groups in total. The van der Waals surface area contributed by atoms with E-state index in [1.165, 1.54) is 12.1 Å². The van der Waals surface area contributed by atoms with Crippen LogP contribution in [0.5, 0.6) is 0 Å². The van der Waals surface area contributed by atoms with E-state index in [1.54, 1.807) is 45.7 Å². The smallest absolute Gasteiger partial charge is 0.410 e. The normalized spacial score (nSPS) is 13.9. The molecule has 0 fully saturated rings. The van der Waals surface area contributed by atoms with Crippen molar-refractivity contribution in [3.05, 3.63) is 65.5 Å². The van der Waals surface area contributed by atoms with Gasteiger partial charge >= 0.3 is 6.09 Å². The fourth-order valence-electron chi connectivity index (χ4n) is 4.60. The predicted octanol–water partition coefficient (Wildman–Crippen LogP) is 6.20. The van der Waals surface area contributed by atoms with Crippen molar-refractivity contribution >= 4 is 23.1 Å². The minimum Gasteiger partial charge on any atom is -0.444 e. The molecule has 0 bridgehead atoms. The molecular formula is C29H33F3N4O3.